The van der Waals surface area contributed by atoms with Crippen LogP contribution < -0.4 is 15.0 Å². The van der Waals surface area contributed by atoms with E-state index in [1.807, 2.05) is 66.9 Å². The fraction of sp³-hybridized carbons (Fsp3) is 0.269. The van der Waals surface area contributed by atoms with Crippen LogP contribution in [0, 0.1) is 0 Å². The fourth-order valence-corrected chi connectivity index (χ4v) is 4.26. The van der Waals surface area contributed by atoms with Crippen LogP contribution in [0.4, 0.5) is 16.3 Å². The summed E-state index contributed by atoms with van der Waals surface area (Å²) in [7, 11) is 1.64. The predicted octanol–water partition coefficient (Wildman–Crippen LogP) is 5.17. The average molecular weight is 477 g/mol. The number of thioether (sulfide) groups is 1. The number of methoxy groups -OCH3 is 1. The molecule has 3 aromatic rings. The Morgan fingerprint density at radius 1 is 1.00 bits per heavy atom. The van der Waals surface area contributed by atoms with Crippen molar-refractivity contribution in [2.45, 2.75) is 37.4 Å². The van der Waals surface area contributed by atoms with E-state index in [4.69, 9.17) is 4.74 Å². The number of benzene rings is 2. The van der Waals surface area contributed by atoms with Crippen molar-refractivity contribution >= 4 is 35.2 Å². The van der Waals surface area contributed by atoms with E-state index >= 15 is 0 Å². The molecule has 0 atom stereocenters. The van der Waals surface area contributed by atoms with Gasteiger partial charge in [-0.15, -0.1) is 11.8 Å². The third-order valence-electron chi connectivity index (χ3n) is 5.95. The molecule has 1 aliphatic rings. The molecule has 3 amide bonds. The SMILES string of the molecule is COc1ccc(CNc2cc(CN3C(=O)N(c4ccc(SC)cc4)C(=O)C3(C)C)ccn2)cc1. The second kappa shape index (κ2) is 9.77. The Morgan fingerprint density at radius 2 is 1.71 bits per heavy atom. The number of carbonyl (C=O) groups excluding carboxylic acids is 2. The highest BCUT2D eigenvalue weighted by atomic mass is 32.2. The highest BCUT2D eigenvalue weighted by Crippen LogP contribution is 2.34. The molecule has 2 heterocycles. The molecule has 4 rings (SSSR count). The van der Waals surface area contributed by atoms with Crippen molar-refractivity contribution in [3.63, 3.8) is 0 Å². The number of anilines is 2. The number of ether oxygens (including phenoxy) is 1. The minimum Gasteiger partial charge on any atom is -0.497 e. The topological polar surface area (TPSA) is 74.8 Å². The highest BCUT2D eigenvalue weighted by Gasteiger charge is 2.51. The van der Waals surface area contributed by atoms with E-state index < -0.39 is 5.54 Å². The van der Waals surface area contributed by atoms with Crippen molar-refractivity contribution in [2.75, 3.05) is 23.6 Å². The maximum absolute atomic E-state index is 13.3. The lowest BCUT2D eigenvalue weighted by molar-refractivity contribution is -0.123. The zero-order chi connectivity index (χ0) is 24.3. The average Bonchev–Trinajstić information content (AvgIpc) is 3.02. The Labute approximate surface area is 204 Å². The van der Waals surface area contributed by atoms with Crippen molar-refractivity contribution in [2.24, 2.45) is 0 Å². The van der Waals surface area contributed by atoms with E-state index in [2.05, 4.69) is 10.3 Å². The monoisotopic (exact) mass is 476 g/mol. The number of urea groups is 1. The van der Waals surface area contributed by atoms with Crippen LogP contribution in [0.25, 0.3) is 0 Å². The lowest BCUT2D eigenvalue weighted by Crippen LogP contribution is -2.43. The van der Waals surface area contributed by atoms with Gasteiger partial charge in [0, 0.05) is 24.2 Å². The zero-order valence-corrected chi connectivity index (χ0v) is 20.6. The fourth-order valence-electron chi connectivity index (χ4n) is 3.85. The molecule has 34 heavy (non-hydrogen) atoms. The van der Waals surface area contributed by atoms with Gasteiger partial charge in [-0.25, -0.2) is 14.7 Å². The predicted molar refractivity (Wildman–Crippen MR) is 135 cm³/mol. The van der Waals surface area contributed by atoms with Crippen molar-refractivity contribution in [1.82, 2.24) is 9.88 Å². The lowest BCUT2D eigenvalue weighted by Gasteiger charge is -2.27. The van der Waals surface area contributed by atoms with Crippen LogP contribution >= 0.6 is 11.8 Å². The minimum atomic E-state index is -0.963. The number of hydrogen-bond acceptors (Lipinski definition) is 6. The number of amides is 3. The summed E-state index contributed by atoms with van der Waals surface area (Å²) >= 11 is 1.61. The molecule has 8 heteroatoms. The van der Waals surface area contributed by atoms with Gasteiger partial charge < -0.3 is 15.0 Å². The number of imide groups is 1. The molecule has 0 radical (unpaired) electrons. The number of pyridine rings is 1. The van der Waals surface area contributed by atoms with Gasteiger partial charge in [-0.05, 0) is 79.8 Å². The van der Waals surface area contributed by atoms with Crippen LogP contribution in [-0.4, -0.2) is 40.7 Å². The first kappa shape index (κ1) is 23.6. The summed E-state index contributed by atoms with van der Waals surface area (Å²) in [5.74, 6) is 1.28. The van der Waals surface area contributed by atoms with E-state index in [0.717, 1.165) is 21.8 Å². The van der Waals surface area contributed by atoms with Crippen molar-refractivity contribution in [3.8, 4) is 5.75 Å². The van der Waals surface area contributed by atoms with Crippen molar-refractivity contribution in [3.05, 3.63) is 78.0 Å². The molecule has 0 saturated carbocycles. The molecule has 0 bridgehead atoms. The summed E-state index contributed by atoms with van der Waals surface area (Å²) < 4.78 is 5.20. The molecule has 1 N–H and O–H groups in total. The van der Waals surface area contributed by atoms with E-state index in [1.54, 1.807) is 43.8 Å². The van der Waals surface area contributed by atoms with Crippen LogP contribution in [0.15, 0.2) is 71.8 Å². The third kappa shape index (κ3) is 4.72. The molecule has 0 aliphatic carbocycles. The molecule has 0 unspecified atom stereocenters. The normalized spacial score (nSPS) is 15.1. The summed E-state index contributed by atoms with van der Waals surface area (Å²) in [5, 5.41) is 3.32. The molecule has 1 aliphatic heterocycles. The van der Waals surface area contributed by atoms with E-state index in [-0.39, 0.29) is 11.9 Å². The van der Waals surface area contributed by atoms with Crippen LogP contribution in [0.2, 0.25) is 0 Å². The summed E-state index contributed by atoms with van der Waals surface area (Å²) in [5.41, 5.74) is 1.61. The molecule has 1 aromatic heterocycles. The molecule has 1 fully saturated rings. The Morgan fingerprint density at radius 3 is 2.35 bits per heavy atom. The molecule has 2 aromatic carbocycles. The smallest absolute Gasteiger partial charge is 0.332 e. The van der Waals surface area contributed by atoms with Gasteiger partial charge in [-0.3, -0.25) is 4.79 Å². The first-order valence-electron chi connectivity index (χ1n) is 11.0. The van der Waals surface area contributed by atoms with Gasteiger partial charge in [0.1, 0.15) is 17.1 Å². The minimum absolute atomic E-state index is 0.235. The molecular weight excluding hydrogens is 448 g/mol. The number of carbonyl (C=O) groups is 2. The van der Waals surface area contributed by atoms with Crippen molar-refractivity contribution < 1.29 is 14.3 Å². The van der Waals surface area contributed by atoms with Gasteiger partial charge in [0.05, 0.1) is 12.8 Å². The largest absolute Gasteiger partial charge is 0.497 e. The number of rotatable bonds is 8. The maximum atomic E-state index is 13.3. The van der Waals surface area contributed by atoms with E-state index in [9.17, 15) is 9.59 Å². The van der Waals surface area contributed by atoms with Crippen LogP contribution in [0.3, 0.4) is 0 Å². The number of nitrogens with zero attached hydrogens (tertiary/aromatic N) is 3. The first-order chi connectivity index (χ1) is 16.3. The quantitative estimate of drug-likeness (QED) is 0.357. The maximum Gasteiger partial charge on any atom is 0.332 e. The molecule has 0 spiro atoms. The Bertz CT molecular complexity index is 1180. The molecule has 176 valence electrons. The molecule has 7 nitrogen and oxygen atoms in total. The lowest BCUT2D eigenvalue weighted by atomic mass is 10.0. The van der Waals surface area contributed by atoms with Gasteiger partial charge in [-0.1, -0.05) is 12.1 Å². The second-order valence-corrected chi connectivity index (χ2v) is 9.40. The van der Waals surface area contributed by atoms with Crippen LogP contribution in [0.5, 0.6) is 5.75 Å². The molecular formula is C26H28N4O3S. The third-order valence-corrected chi connectivity index (χ3v) is 6.70. The van der Waals surface area contributed by atoms with E-state index in [1.165, 1.54) is 4.90 Å². The van der Waals surface area contributed by atoms with Gasteiger partial charge in [0.15, 0.2) is 0 Å². The summed E-state index contributed by atoms with van der Waals surface area (Å²) in [6.07, 6.45) is 3.70. The highest BCUT2D eigenvalue weighted by molar-refractivity contribution is 7.98. The summed E-state index contributed by atoms with van der Waals surface area (Å²) in [6, 6.07) is 18.7. The van der Waals surface area contributed by atoms with Gasteiger partial charge in [-0.2, -0.15) is 0 Å². The zero-order valence-electron chi connectivity index (χ0n) is 19.7. The van der Waals surface area contributed by atoms with Crippen LogP contribution in [0.1, 0.15) is 25.0 Å². The standard InChI is InChI=1S/C26H28N4O3S/c1-26(2)24(31)30(20-7-11-22(34-4)12-8-20)25(32)29(26)17-19-13-14-27-23(15-19)28-16-18-5-9-21(33-3)10-6-18/h5-15H,16-17H2,1-4H3,(H,27,28). The molecule has 1 saturated heterocycles. The van der Waals surface area contributed by atoms with Gasteiger partial charge in [0.25, 0.3) is 5.91 Å². The van der Waals surface area contributed by atoms with Gasteiger partial charge >= 0.3 is 6.03 Å². The van der Waals surface area contributed by atoms with Crippen LogP contribution in [-0.2, 0) is 17.9 Å². The number of hydrogen-bond donors (Lipinski definition) is 1. The van der Waals surface area contributed by atoms with E-state index in [0.29, 0.717) is 24.6 Å². The number of nitrogens with one attached hydrogen (secondary N) is 1. The summed E-state index contributed by atoms with van der Waals surface area (Å²) in [6.45, 7) is 4.48. The number of aromatic nitrogens is 1. The van der Waals surface area contributed by atoms with Crippen molar-refractivity contribution in [1.29, 1.82) is 0 Å². The first-order valence-corrected chi connectivity index (χ1v) is 12.2. The second-order valence-electron chi connectivity index (χ2n) is 8.52. The summed E-state index contributed by atoms with van der Waals surface area (Å²) in [4.78, 5) is 34.9. The Hall–Kier alpha value is -3.52. The van der Waals surface area contributed by atoms with Gasteiger partial charge in [0.2, 0.25) is 0 Å². The Kier molecular flexibility index (Phi) is 6.79. The Balaban J connectivity index is 1.48.